The first-order chi connectivity index (χ1) is 10.9. The highest BCUT2D eigenvalue weighted by Crippen LogP contribution is 2.36. The molecule has 0 radical (unpaired) electrons. The Balaban J connectivity index is 1.92. The van der Waals surface area contributed by atoms with Crippen LogP contribution in [0.25, 0.3) is 0 Å². The van der Waals surface area contributed by atoms with Crippen LogP contribution in [0.1, 0.15) is 31.9 Å². The van der Waals surface area contributed by atoms with Crippen LogP contribution in [0.3, 0.4) is 0 Å². The van der Waals surface area contributed by atoms with E-state index < -0.39 is 6.04 Å². The summed E-state index contributed by atoms with van der Waals surface area (Å²) in [7, 11) is 0. The van der Waals surface area contributed by atoms with Crippen molar-refractivity contribution >= 4 is 23.6 Å². The van der Waals surface area contributed by atoms with Crippen molar-refractivity contribution in [1.82, 2.24) is 10.6 Å². The van der Waals surface area contributed by atoms with Gasteiger partial charge in [0.05, 0.1) is 18.6 Å². The molecule has 1 aliphatic rings. The number of hydrogen-bond donors (Lipinski definition) is 3. The van der Waals surface area contributed by atoms with Crippen LogP contribution in [0.2, 0.25) is 0 Å². The molecule has 1 aromatic carbocycles. The fourth-order valence-corrected chi connectivity index (χ4v) is 3.45. The van der Waals surface area contributed by atoms with Gasteiger partial charge < -0.3 is 16.4 Å². The number of rotatable bonds is 5. The smallest absolute Gasteiger partial charge is 0.239 e. The van der Waals surface area contributed by atoms with E-state index in [1.807, 2.05) is 13.8 Å². The maximum absolute atomic E-state index is 13.4. The zero-order chi connectivity index (χ0) is 17.0. The van der Waals surface area contributed by atoms with Gasteiger partial charge in [0.25, 0.3) is 0 Å². The minimum Gasteiger partial charge on any atom is -0.348 e. The lowest BCUT2D eigenvalue weighted by Gasteiger charge is -2.26. The van der Waals surface area contributed by atoms with Gasteiger partial charge in [-0.1, -0.05) is 13.8 Å². The summed E-state index contributed by atoms with van der Waals surface area (Å²) in [6.07, 6.45) is 0.728. The van der Waals surface area contributed by atoms with Crippen LogP contribution in [0.4, 0.5) is 4.39 Å². The Labute approximate surface area is 139 Å². The number of nitrogens with two attached hydrogens (primary N) is 1. The van der Waals surface area contributed by atoms with Crippen molar-refractivity contribution in [3.63, 3.8) is 0 Å². The molecule has 4 N–H and O–H groups in total. The third-order valence-electron chi connectivity index (χ3n) is 3.79. The molecule has 5 nitrogen and oxygen atoms in total. The first-order valence-electron chi connectivity index (χ1n) is 7.63. The summed E-state index contributed by atoms with van der Waals surface area (Å²) in [6, 6.07) is 3.74. The predicted octanol–water partition coefficient (Wildman–Crippen LogP) is 1.58. The highest BCUT2D eigenvalue weighted by atomic mass is 32.2. The number of thioether (sulfide) groups is 1. The van der Waals surface area contributed by atoms with E-state index in [9.17, 15) is 14.0 Å². The molecule has 0 saturated heterocycles. The Hall–Kier alpha value is -1.60. The fourth-order valence-electron chi connectivity index (χ4n) is 2.35. The van der Waals surface area contributed by atoms with Crippen LogP contribution >= 0.6 is 11.8 Å². The second-order valence-electron chi connectivity index (χ2n) is 5.93. The number of carbonyl (C=O) groups is 2. The minimum atomic E-state index is -0.635. The molecule has 2 amide bonds. The van der Waals surface area contributed by atoms with Gasteiger partial charge in [0.1, 0.15) is 5.82 Å². The third kappa shape index (κ3) is 4.68. The second kappa shape index (κ2) is 7.79. The molecule has 0 bridgehead atoms. The van der Waals surface area contributed by atoms with Gasteiger partial charge in [-0.05, 0) is 36.1 Å². The van der Waals surface area contributed by atoms with Crippen LogP contribution in [0.15, 0.2) is 23.1 Å². The van der Waals surface area contributed by atoms with Crippen molar-refractivity contribution in [2.75, 3.05) is 12.3 Å². The summed E-state index contributed by atoms with van der Waals surface area (Å²) in [4.78, 5) is 24.8. The summed E-state index contributed by atoms with van der Waals surface area (Å²) in [5.41, 5.74) is 6.51. The Morgan fingerprint density at radius 2 is 2.17 bits per heavy atom. The average molecular weight is 339 g/mol. The predicted molar refractivity (Wildman–Crippen MR) is 88.4 cm³/mol. The van der Waals surface area contributed by atoms with E-state index in [1.54, 1.807) is 17.8 Å². The average Bonchev–Trinajstić information content (AvgIpc) is 2.52. The van der Waals surface area contributed by atoms with Crippen molar-refractivity contribution in [3.05, 3.63) is 29.6 Å². The highest BCUT2D eigenvalue weighted by molar-refractivity contribution is 7.99. The van der Waals surface area contributed by atoms with Gasteiger partial charge in [0, 0.05) is 10.6 Å². The molecule has 7 heteroatoms. The van der Waals surface area contributed by atoms with E-state index in [-0.39, 0.29) is 36.1 Å². The van der Waals surface area contributed by atoms with Gasteiger partial charge in [-0.2, -0.15) is 0 Å². The molecule has 2 rings (SSSR count). The largest absolute Gasteiger partial charge is 0.348 e. The van der Waals surface area contributed by atoms with Gasteiger partial charge >= 0.3 is 0 Å². The second-order valence-corrected chi connectivity index (χ2v) is 7.06. The number of halogens is 1. The lowest BCUT2D eigenvalue weighted by Crippen LogP contribution is -2.47. The van der Waals surface area contributed by atoms with Crippen molar-refractivity contribution in [2.24, 2.45) is 11.7 Å². The van der Waals surface area contributed by atoms with Crippen LogP contribution in [0, 0.1) is 11.7 Å². The first kappa shape index (κ1) is 17.7. The van der Waals surface area contributed by atoms with E-state index in [0.717, 1.165) is 22.6 Å². The van der Waals surface area contributed by atoms with Gasteiger partial charge in [0.15, 0.2) is 0 Å². The summed E-state index contributed by atoms with van der Waals surface area (Å²) >= 11 is 1.65. The quantitative estimate of drug-likeness (QED) is 0.760. The van der Waals surface area contributed by atoms with Crippen molar-refractivity contribution in [3.8, 4) is 0 Å². The molecular formula is C16H22FN3O2S. The Morgan fingerprint density at radius 1 is 1.43 bits per heavy atom. The number of carbonyl (C=O) groups excluding carboxylic acids is 2. The molecule has 0 fully saturated rings. The molecule has 0 spiro atoms. The van der Waals surface area contributed by atoms with Crippen LogP contribution in [-0.2, 0) is 9.59 Å². The lowest BCUT2D eigenvalue weighted by molar-refractivity contribution is -0.127. The topological polar surface area (TPSA) is 84.2 Å². The molecule has 1 aromatic rings. The number of benzene rings is 1. The molecule has 1 unspecified atom stereocenters. The van der Waals surface area contributed by atoms with Crippen LogP contribution < -0.4 is 16.4 Å². The standard InChI is InChI=1S/C16H22FN3O2S/c1-9(2)15(18)16(22)19-8-14(21)20-12-5-6-23-13-4-3-10(17)7-11(12)13/h3-4,7,9,12,15H,5-6,8,18H2,1-2H3,(H,19,22)(H,20,21)/t12?,15-/m0/s1. The Bertz CT molecular complexity index is 595. The van der Waals surface area contributed by atoms with Crippen molar-refractivity contribution in [1.29, 1.82) is 0 Å². The van der Waals surface area contributed by atoms with E-state index in [2.05, 4.69) is 10.6 Å². The molecule has 0 aliphatic carbocycles. The van der Waals surface area contributed by atoms with Crippen molar-refractivity contribution in [2.45, 2.75) is 37.2 Å². The summed E-state index contributed by atoms with van der Waals surface area (Å²) in [5.74, 6) is -0.110. The monoisotopic (exact) mass is 339 g/mol. The van der Waals surface area contributed by atoms with Crippen molar-refractivity contribution < 1.29 is 14.0 Å². The fraction of sp³-hybridized carbons (Fsp3) is 0.500. The van der Waals surface area contributed by atoms with E-state index in [0.29, 0.717) is 0 Å². The maximum Gasteiger partial charge on any atom is 0.239 e. The van der Waals surface area contributed by atoms with Crippen LogP contribution in [-0.4, -0.2) is 30.2 Å². The summed E-state index contributed by atoms with van der Waals surface area (Å²) in [6.45, 7) is 3.55. The SMILES string of the molecule is CC(C)[C@H](N)C(=O)NCC(=O)NC1CCSc2ccc(F)cc21. The van der Waals surface area contributed by atoms with Crippen LogP contribution in [0.5, 0.6) is 0 Å². The van der Waals surface area contributed by atoms with Gasteiger partial charge in [-0.3, -0.25) is 9.59 Å². The maximum atomic E-state index is 13.4. The molecule has 1 heterocycles. The minimum absolute atomic E-state index is 0.00304. The Kier molecular flexibility index (Phi) is 6.01. The Morgan fingerprint density at radius 3 is 2.87 bits per heavy atom. The lowest BCUT2D eigenvalue weighted by atomic mass is 10.0. The first-order valence-corrected chi connectivity index (χ1v) is 8.62. The molecule has 2 atom stereocenters. The summed E-state index contributed by atoms with van der Waals surface area (Å²) in [5, 5.41) is 5.38. The number of nitrogens with one attached hydrogen (secondary N) is 2. The third-order valence-corrected chi connectivity index (χ3v) is 4.91. The number of fused-ring (bicyclic) bond motifs is 1. The molecule has 0 saturated carbocycles. The van der Waals surface area contributed by atoms with E-state index >= 15 is 0 Å². The highest BCUT2D eigenvalue weighted by Gasteiger charge is 2.23. The zero-order valence-corrected chi connectivity index (χ0v) is 14.1. The zero-order valence-electron chi connectivity index (χ0n) is 13.3. The normalized spacial score (nSPS) is 18.2. The summed E-state index contributed by atoms with van der Waals surface area (Å²) < 4.78 is 13.4. The number of hydrogen-bond acceptors (Lipinski definition) is 4. The molecule has 1 aliphatic heterocycles. The molecule has 0 aromatic heterocycles. The number of amides is 2. The van der Waals surface area contributed by atoms with E-state index in [1.165, 1.54) is 12.1 Å². The molecule has 23 heavy (non-hydrogen) atoms. The molecular weight excluding hydrogens is 317 g/mol. The van der Waals surface area contributed by atoms with Gasteiger partial charge in [0.2, 0.25) is 11.8 Å². The molecule has 126 valence electrons. The van der Waals surface area contributed by atoms with E-state index in [4.69, 9.17) is 5.73 Å². The van der Waals surface area contributed by atoms with Gasteiger partial charge in [-0.15, -0.1) is 11.8 Å². The van der Waals surface area contributed by atoms with Gasteiger partial charge in [-0.25, -0.2) is 4.39 Å².